The minimum atomic E-state index is 0.710. The molecule has 3 aromatic carbocycles. The molecule has 5 rings (SSSR count). The van der Waals surface area contributed by atoms with Crippen LogP contribution in [0.5, 0.6) is 0 Å². The molecule has 0 atom stereocenters. The highest BCUT2D eigenvalue weighted by molar-refractivity contribution is 6.46. The first kappa shape index (κ1) is 11.7. The summed E-state index contributed by atoms with van der Waals surface area (Å²) in [5, 5.41) is 5.93. The molecular weight excluding hydrogens is 301 g/mol. The van der Waals surface area contributed by atoms with Gasteiger partial charge in [-0.15, -0.1) is 0 Å². The number of nitrogens with zero attached hydrogens (tertiary/aromatic N) is 1. The zero-order valence-corrected chi connectivity index (χ0v) is 12.4. The number of rotatable bonds is 0. The normalized spacial score (nSPS) is 12.3. The first-order valence-corrected chi connectivity index (χ1v) is 7.54. The van der Waals surface area contributed by atoms with E-state index in [2.05, 4.69) is 40.8 Å². The van der Waals surface area contributed by atoms with Gasteiger partial charge in [-0.1, -0.05) is 59.6 Å². The lowest BCUT2D eigenvalue weighted by molar-refractivity contribution is 1.37. The quantitative estimate of drug-likeness (QED) is 0.323. The molecule has 21 heavy (non-hydrogen) atoms. The Kier molecular flexibility index (Phi) is 2.12. The molecule has 0 spiro atoms. The van der Waals surface area contributed by atoms with Crippen molar-refractivity contribution in [3.63, 3.8) is 0 Å². The molecule has 0 saturated carbocycles. The second-order valence-corrected chi connectivity index (χ2v) is 6.12. The van der Waals surface area contributed by atoms with Crippen LogP contribution >= 0.6 is 23.2 Å². The lowest BCUT2D eigenvalue weighted by Gasteiger charge is -2.00. The van der Waals surface area contributed by atoms with Crippen LogP contribution < -0.4 is 0 Å². The second kappa shape index (κ2) is 3.82. The summed E-state index contributed by atoms with van der Waals surface area (Å²) >= 11 is 13.0. The molecule has 0 N–H and O–H groups in total. The molecular formula is C18H9Cl2N. The summed E-state index contributed by atoms with van der Waals surface area (Å²) in [6, 6.07) is 18.6. The first-order valence-electron chi connectivity index (χ1n) is 6.78. The fourth-order valence-corrected chi connectivity index (χ4v) is 4.13. The molecule has 0 unspecified atom stereocenters. The van der Waals surface area contributed by atoms with Gasteiger partial charge in [0.25, 0.3) is 0 Å². The van der Waals surface area contributed by atoms with Gasteiger partial charge in [-0.2, -0.15) is 0 Å². The largest absolute Gasteiger partial charge is 0.308 e. The standard InChI is InChI=1S/C18H9Cl2N/c19-12-9-13(20)17-11-6-2-4-8-15(11)21-14-7-3-1-5-10(14)16(12)18(17)21/h1-9H. The zero-order chi connectivity index (χ0) is 14.1. The number of aromatic nitrogens is 1. The highest BCUT2D eigenvalue weighted by Gasteiger charge is 2.20. The molecule has 100 valence electrons. The Hall–Kier alpha value is -1.96. The summed E-state index contributed by atoms with van der Waals surface area (Å²) in [6.45, 7) is 0. The number of halogens is 2. The van der Waals surface area contributed by atoms with E-state index in [-0.39, 0.29) is 0 Å². The Morgan fingerprint density at radius 2 is 1.14 bits per heavy atom. The van der Waals surface area contributed by atoms with E-state index in [4.69, 9.17) is 23.2 Å². The molecule has 0 bridgehead atoms. The van der Waals surface area contributed by atoms with Crippen molar-refractivity contribution >= 4 is 61.3 Å². The minimum absolute atomic E-state index is 0.710. The number of para-hydroxylation sites is 2. The van der Waals surface area contributed by atoms with Gasteiger partial charge < -0.3 is 4.40 Å². The van der Waals surface area contributed by atoms with E-state index in [0.29, 0.717) is 10.0 Å². The third-order valence-corrected chi connectivity index (χ3v) is 4.85. The topological polar surface area (TPSA) is 4.41 Å². The fourth-order valence-electron chi connectivity index (χ4n) is 3.47. The van der Waals surface area contributed by atoms with E-state index in [9.17, 15) is 0 Å². The Morgan fingerprint density at radius 1 is 0.667 bits per heavy atom. The maximum absolute atomic E-state index is 6.50. The summed E-state index contributed by atoms with van der Waals surface area (Å²) in [7, 11) is 0. The maximum atomic E-state index is 6.50. The Morgan fingerprint density at radius 3 is 1.67 bits per heavy atom. The van der Waals surface area contributed by atoms with Crippen molar-refractivity contribution < 1.29 is 0 Å². The van der Waals surface area contributed by atoms with Crippen LogP contribution in [0.2, 0.25) is 10.0 Å². The number of hydrogen-bond acceptors (Lipinski definition) is 0. The van der Waals surface area contributed by atoms with Gasteiger partial charge >= 0.3 is 0 Å². The van der Waals surface area contributed by atoms with Crippen molar-refractivity contribution in [2.45, 2.75) is 0 Å². The monoisotopic (exact) mass is 309 g/mol. The van der Waals surface area contributed by atoms with Gasteiger partial charge in [0.1, 0.15) is 0 Å². The molecule has 2 heterocycles. The van der Waals surface area contributed by atoms with E-state index < -0.39 is 0 Å². The molecule has 3 heteroatoms. The highest BCUT2D eigenvalue weighted by atomic mass is 35.5. The molecule has 0 radical (unpaired) electrons. The molecule has 0 saturated heterocycles. The number of fused-ring (bicyclic) bond motifs is 6. The SMILES string of the molecule is Clc1cc(Cl)c2c3ccccc3n3c4ccccc4c1c23. The van der Waals surface area contributed by atoms with Crippen LogP contribution in [-0.4, -0.2) is 4.40 Å². The lowest BCUT2D eigenvalue weighted by atomic mass is 10.1. The summed E-state index contributed by atoms with van der Waals surface area (Å²) in [4.78, 5) is 0. The molecule has 1 nitrogen and oxygen atoms in total. The molecule has 0 amide bonds. The van der Waals surface area contributed by atoms with Crippen LogP contribution in [0.3, 0.4) is 0 Å². The Labute approximate surface area is 130 Å². The van der Waals surface area contributed by atoms with Crippen molar-refractivity contribution in [3.8, 4) is 0 Å². The molecule has 2 aromatic heterocycles. The van der Waals surface area contributed by atoms with Crippen LogP contribution in [0.4, 0.5) is 0 Å². The van der Waals surface area contributed by atoms with Crippen molar-refractivity contribution in [3.05, 3.63) is 64.6 Å². The van der Waals surface area contributed by atoms with Crippen molar-refractivity contribution in [2.24, 2.45) is 0 Å². The second-order valence-electron chi connectivity index (χ2n) is 5.31. The van der Waals surface area contributed by atoms with Gasteiger partial charge in [-0.3, -0.25) is 0 Å². The predicted octanol–water partition coefficient (Wildman–Crippen LogP) is 6.14. The Bertz CT molecular complexity index is 1070. The lowest BCUT2D eigenvalue weighted by Crippen LogP contribution is -1.78. The van der Waals surface area contributed by atoms with E-state index in [1.807, 2.05) is 18.2 Å². The third kappa shape index (κ3) is 1.29. The molecule has 0 aliphatic carbocycles. The van der Waals surface area contributed by atoms with Crippen LogP contribution in [0.15, 0.2) is 54.6 Å². The average Bonchev–Trinajstić information content (AvgIpc) is 2.99. The average molecular weight is 310 g/mol. The summed E-state index contributed by atoms with van der Waals surface area (Å²) in [6.07, 6.45) is 0. The van der Waals surface area contributed by atoms with Crippen LogP contribution in [-0.2, 0) is 0 Å². The minimum Gasteiger partial charge on any atom is -0.308 e. The Balaban J connectivity index is 2.33. The first-order chi connectivity index (χ1) is 10.3. The van der Waals surface area contributed by atoms with E-state index in [1.165, 1.54) is 21.8 Å². The fraction of sp³-hybridized carbons (Fsp3) is 0. The molecule has 0 aliphatic heterocycles. The third-order valence-electron chi connectivity index (χ3n) is 4.26. The zero-order valence-electron chi connectivity index (χ0n) is 10.9. The molecule has 5 aromatic rings. The molecule has 0 fully saturated rings. The molecule has 0 aliphatic rings. The van der Waals surface area contributed by atoms with Gasteiger partial charge in [0.05, 0.1) is 26.6 Å². The maximum Gasteiger partial charge on any atom is 0.0650 e. The van der Waals surface area contributed by atoms with Gasteiger partial charge in [0.15, 0.2) is 0 Å². The number of benzene rings is 3. The van der Waals surface area contributed by atoms with E-state index >= 15 is 0 Å². The summed E-state index contributed by atoms with van der Waals surface area (Å²) in [5.41, 5.74) is 3.46. The van der Waals surface area contributed by atoms with Gasteiger partial charge in [-0.25, -0.2) is 0 Å². The van der Waals surface area contributed by atoms with Gasteiger partial charge in [0, 0.05) is 21.5 Å². The summed E-state index contributed by atoms with van der Waals surface area (Å²) < 4.78 is 2.27. The van der Waals surface area contributed by atoms with E-state index in [1.54, 1.807) is 0 Å². The van der Waals surface area contributed by atoms with Crippen molar-refractivity contribution in [1.82, 2.24) is 4.40 Å². The smallest absolute Gasteiger partial charge is 0.0650 e. The van der Waals surface area contributed by atoms with Gasteiger partial charge in [-0.05, 0) is 18.2 Å². The van der Waals surface area contributed by atoms with Gasteiger partial charge in [0.2, 0.25) is 0 Å². The number of hydrogen-bond donors (Lipinski definition) is 0. The van der Waals surface area contributed by atoms with Crippen LogP contribution in [0, 0.1) is 0 Å². The van der Waals surface area contributed by atoms with E-state index in [0.717, 1.165) is 16.3 Å². The van der Waals surface area contributed by atoms with Crippen molar-refractivity contribution in [2.75, 3.05) is 0 Å². The van der Waals surface area contributed by atoms with Crippen LogP contribution in [0.1, 0.15) is 0 Å². The highest BCUT2D eigenvalue weighted by Crippen LogP contribution is 2.44. The predicted molar refractivity (Wildman–Crippen MR) is 91.1 cm³/mol. The van der Waals surface area contributed by atoms with Crippen molar-refractivity contribution in [1.29, 1.82) is 0 Å². The summed E-state index contributed by atoms with van der Waals surface area (Å²) in [5.74, 6) is 0. The van der Waals surface area contributed by atoms with Crippen LogP contribution in [0.25, 0.3) is 38.1 Å².